The largest absolute Gasteiger partial charge is 0.488 e. The van der Waals surface area contributed by atoms with Crippen LogP contribution in [0.15, 0.2) is 16.9 Å². The first-order valence-electron chi connectivity index (χ1n) is 7.40. The van der Waals surface area contributed by atoms with Crippen molar-refractivity contribution in [1.82, 2.24) is 19.8 Å². The number of aliphatic hydroxyl groups excluding tert-OH is 2. The van der Waals surface area contributed by atoms with E-state index in [2.05, 4.69) is 10.4 Å². The van der Waals surface area contributed by atoms with Gasteiger partial charge in [0, 0.05) is 13.1 Å². The van der Waals surface area contributed by atoms with Gasteiger partial charge in [-0.05, 0) is 27.5 Å². The number of aryl methyl sites for hydroxylation is 1. The summed E-state index contributed by atoms with van der Waals surface area (Å²) in [6, 6.07) is 2.62. The van der Waals surface area contributed by atoms with Crippen LogP contribution in [0.25, 0.3) is 5.69 Å². The lowest BCUT2D eigenvalue weighted by Crippen LogP contribution is -2.25. The van der Waals surface area contributed by atoms with Crippen molar-refractivity contribution in [3.05, 3.63) is 34.0 Å². The summed E-state index contributed by atoms with van der Waals surface area (Å²) in [7, 11) is 1.44. The third-order valence-electron chi connectivity index (χ3n) is 3.45. The molecule has 1 aromatic carbocycles. The van der Waals surface area contributed by atoms with Crippen LogP contribution in [0, 0.1) is 5.82 Å². The molecule has 1 atom stereocenters. The third kappa shape index (κ3) is 3.62. The van der Waals surface area contributed by atoms with Crippen molar-refractivity contribution >= 4 is 0 Å². The molecule has 0 amide bonds. The molecule has 9 heteroatoms. The van der Waals surface area contributed by atoms with Gasteiger partial charge < -0.3 is 14.9 Å². The maximum absolute atomic E-state index is 14.4. The van der Waals surface area contributed by atoms with Crippen LogP contribution in [-0.4, -0.2) is 49.3 Å². The molecule has 0 aliphatic rings. The maximum atomic E-state index is 14.4. The molecule has 132 valence electrons. The number of aliphatic hydroxyl groups is 2. The first-order chi connectivity index (χ1) is 11.1. The van der Waals surface area contributed by atoms with Gasteiger partial charge in [0.2, 0.25) is 0 Å². The highest BCUT2D eigenvalue weighted by molar-refractivity contribution is 5.50. The molecule has 0 saturated heterocycles. The number of ether oxygens (including phenoxy) is 1. The summed E-state index contributed by atoms with van der Waals surface area (Å²) >= 11 is 0. The lowest BCUT2D eigenvalue weighted by Gasteiger charge is -2.22. The fourth-order valence-electron chi connectivity index (χ4n) is 2.10. The van der Waals surface area contributed by atoms with Crippen LogP contribution >= 0.6 is 0 Å². The van der Waals surface area contributed by atoms with Gasteiger partial charge in [-0.1, -0.05) is 20.8 Å². The summed E-state index contributed by atoms with van der Waals surface area (Å²) in [6.45, 7) is 4.76. The van der Waals surface area contributed by atoms with Crippen LogP contribution in [-0.2, 0) is 12.5 Å². The number of hydrogen-bond acceptors (Lipinski definition) is 6. The number of hydrogen-bond donors (Lipinski definition) is 2. The Balaban J connectivity index is 2.59. The minimum atomic E-state index is -1.12. The monoisotopic (exact) mass is 340 g/mol. The summed E-state index contributed by atoms with van der Waals surface area (Å²) < 4.78 is 21.8. The van der Waals surface area contributed by atoms with Crippen molar-refractivity contribution in [2.45, 2.75) is 32.3 Å². The topological polar surface area (TPSA) is 102 Å². The third-order valence-corrected chi connectivity index (χ3v) is 3.45. The van der Waals surface area contributed by atoms with Gasteiger partial charge in [-0.15, -0.1) is 0 Å². The first kappa shape index (κ1) is 18.1. The van der Waals surface area contributed by atoms with Crippen LogP contribution < -0.4 is 10.4 Å². The van der Waals surface area contributed by atoms with Crippen molar-refractivity contribution in [3.8, 4) is 11.4 Å². The van der Waals surface area contributed by atoms with Gasteiger partial charge in [-0.2, -0.15) is 9.36 Å². The lowest BCUT2D eigenvalue weighted by molar-refractivity contribution is 0.0534. The molecule has 1 unspecified atom stereocenters. The average Bonchev–Trinajstić information content (AvgIpc) is 2.83. The second-order valence-electron chi connectivity index (χ2n) is 6.49. The zero-order valence-corrected chi connectivity index (χ0v) is 14.0. The Morgan fingerprint density at radius 2 is 2.00 bits per heavy atom. The molecule has 0 saturated carbocycles. The smallest absolute Gasteiger partial charge is 0.368 e. The molecule has 24 heavy (non-hydrogen) atoms. The van der Waals surface area contributed by atoms with E-state index in [1.54, 1.807) is 0 Å². The van der Waals surface area contributed by atoms with Gasteiger partial charge in [0.1, 0.15) is 30.0 Å². The Bertz CT molecular complexity index is 779. The van der Waals surface area contributed by atoms with Crippen LogP contribution in [0.5, 0.6) is 5.75 Å². The number of aromatic nitrogens is 4. The molecule has 1 aromatic heterocycles. The van der Waals surface area contributed by atoms with Gasteiger partial charge in [-0.25, -0.2) is 9.18 Å². The van der Waals surface area contributed by atoms with E-state index >= 15 is 0 Å². The first-order valence-corrected chi connectivity index (χ1v) is 7.40. The number of tetrazole rings is 1. The SMILES string of the molecule is Cn1nnn(-c2cc(C(C)(C)C)c(F)cc2OCC(O)CO)c1=O. The molecule has 0 radical (unpaired) electrons. The van der Waals surface area contributed by atoms with Crippen molar-refractivity contribution in [1.29, 1.82) is 0 Å². The van der Waals surface area contributed by atoms with Crippen LogP contribution in [0.2, 0.25) is 0 Å². The molecule has 0 aliphatic heterocycles. The molecule has 0 fully saturated rings. The summed E-state index contributed by atoms with van der Waals surface area (Å²) in [5, 5.41) is 25.7. The molecule has 0 spiro atoms. The summed E-state index contributed by atoms with van der Waals surface area (Å²) in [5.41, 5.74) is -0.433. The van der Waals surface area contributed by atoms with Gasteiger partial charge in [-0.3, -0.25) is 0 Å². The fraction of sp³-hybridized carbons (Fsp3) is 0.533. The van der Waals surface area contributed by atoms with E-state index in [9.17, 15) is 14.3 Å². The molecular formula is C15H21FN4O4. The van der Waals surface area contributed by atoms with E-state index in [0.29, 0.717) is 5.56 Å². The molecule has 2 rings (SSSR count). The van der Waals surface area contributed by atoms with Crippen LogP contribution in [0.4, 0.5) is 4.39 Å². The molecule has 2 aromatic rings. The highest BCUT2D eigenvalue weighted by atomic mass is 19.1. The highest BCUT2D eigenvalue weighted by Crippen LogP contribution is 2.32. The van der Waals surface area contributed by atoms with E-state index in [4.69, 9.17) is 9.84 Å². The molecule has 2 N–H and O–H groups in total. The Hall–Kier alpha value is -2.26. The predicted molar refractivity (Wildman–Crippen MR) is 83.8 cm³/mol. The number of rotatable bonds is 5. The normalized spacial score (nSPS) is 13.1. The Kier molecular flexibility index (Phi) is 5.05. The number of halogens is 1. The Morgan fingerprint density at radius 1 is 1.33 bits per heavy atom. The van der Waals surface area contributed by atoms with E-state index in [1.165, 1.54) is 13.1 Å². The minimum absolute atomic E-state index is 0.0237. The fourth-order valence-corrected chi connectivity index (χ4v) is 2.10. The summed E-state index contributed by atoms with van der Waals surface area (Å²) in [5.74, 6) is -0.479. The molecular weight excluding hydrogens is 319 g/mol. The van der Waals surface area contributed by atoms with E-state index < -0.39 is 29.6 Å². The van der Waals surface area contributed by atoms with Gasteiger partial charge in [0.25, 0.3) is 0 Å². The number of benzene rings is 1. The van der Waals surface area contributed by atoms with Gasteiger partial charge in [0.15, 0.2) is 0 Å². The van der Waals surface area contributed by atoms with E-state index in [1.807, 2.05) is 20.8 Å². The van der Waals surface area contributed by atoms with E-state index in [0.717, 1.165) is 15.4 Å². The highest BCUT2D eigenvalue weighted by Gasteiger charge is 2.24. The zero-order chi connectivity index (χ0) is 18.1. The summed E-state index contributed by atoms with van der Waals surface area (Å²) in [4.78, 5) is 12.1. The maximum Gasteiger partial charge on any atom is 0.368 e. The molecule has 8 nitrogen and oxygen atoms in total. The Labute approximate surface area is 138 Å². The molecule has 0 bridgehead atoms. The van der Waals surface area contributed by atoms with Crippen molar-refractivity contribution in [2.24, 2.45) is 7.05 Å². The van der Waals surface area contributed by atoms with Gasteiger partial charge in [0.05, 0.1) is 6.61 Å². The minimum Gasteiger partial charge on any atom is -0.488 e. The van der Waals surface area contributed by atoms with E-state index in [-0.39, 0.29) is 18.0 Å². The Morgan fingerprint density at radius 3 is 2.50 bits per heavy atom. The van der Waals surface area contributed by atoms with Crippen LogP contribution in [0.3, 0.4) is 0 Å². The standard InChI is InChI=1S/C15H21FN4O4/c1-15(2,3)10-5-12(20-14(23)19(4)17-18-20)13(6-11(10)16)24-8-9(22)7-21/h5-6,9,21-22H,7-8H2,1-4H3. The quantitative estimate of drug-likeness (QED) is 0.802. The lowest BCUT2D eigenvalue weighted by atomic mass is 9.86. The van der Waals surface area contributed by atoms with Gasteiger partial charge >= 0.3 is 5.69 Å². The number of nitrogens with zero attached hydrogens (tertiary/aromatic N) is 4. The zero-order valence-electron chi connectivity index (χ0n) is 14.0. The molecule has 1 heterocycles. The van der Waals surface area contributed by atoms with Crippen molar-refractivity contribution in [2.75, 3.05) is 13.2 Å². The van der Waals surface area contributed by atoms with Crippen LogP contribution in [0.1, 0.15) is 26.3 Å². The second kappa shape index (κ2) is 6.70. The predicted octanol–water partition coefficient (Wildman–Crippen LogP) is 0.135. The second-order valence-corrected chi connectivity index (χ2v) is 6.49. The van der Waals surface area contributed by atoms with Crippen molar-refractivity contribution in [3.63, 3.8) is 0 Å². The molecule has 0 aliphatic carbocycles. The summed E-state index contributed by atoms with van der Waals surface area (Å²) in [6.07, 6.45) is -1.12. The average molecular weight is 340 g/mol. The van der Waals surface area contributed by atoms with Crippen molar-refractivity contribution < 1.29 is 19.3 Å².